The van der Waals surface area contributed by atoms with Crippen molar-refractivity contribution in [3.05, 3.63) is 75.5 Å². The number of allylic oxidation sites excluding steroid dienone is 4. The van der Waals surface area contributed by atoms with Crippen LogP contribution in [0.25, 0.3) is 0 Å². The maximum Gasteiger partial charge on any atom is 0.202 e. The predicted molar refractivity (Wildman–Crippen MR) is 125 cm³/mol. The summed E-state index contributed by atoms with van der Waals surface area (Å²) < 4.78 is 5.21. The fraction of sp³-hybridized carbons (Fsp3) is 0.357. The van der Waals surface area contributed by atoms with E-state index in [1.807, 2.05) is 0 Å². The van der Waals surface area contributed by atoms with E-state index in [-0.39, 0.29) is 64.6 Å². The predicted octanol–water partition coefficient (Wildman–Crippen LogP) is 4.48. The lowest BCUT2D eigenvalue weighted by Gasteiger charge is -2.48. The quantitative estimate of drug-likeness (QED) is 0.495. The van der Waals surface area contributed by atoms with Crippen molar-refractivity contribution in [3.63, 3.8) is 0 Å². The second kappa shape index (κ2) is 7.90. The summed E-state index contributed by atoms with van der Waals surface area (Å²) >= 11 is 0. The van der Waals surface area contributed by atoms with E-state index in [4.69, 9.17) is 4.42 Å². The Morgan fingerprint density at radius 2 is 1.89 bits per heavy atom. The van der Waals surface area contributed by atoms with E-state index in [1.54, 1.807) is 32.0 Å². The molecule has 2 aromatic rings. The number of phenols is 1. The highest BCUT2D eigenvalue weighted by Crippen LogP contribution is 2.56. The van der Waals surface area contributed by atoms with E-state index in [2.05, 4.69) is 0 Å². The summed E-state index contributed by atoms with van der Waals surface area (Å²) in [6.45, 7) is 4.75. The maximum atomic E-state index is 13.8. The summed E-state index contributed by atoms with van der Waals surface area (Å²) in [6, 6.07) is 6.30. The Labute approximate surface area is 202 Å². The number of aliphatic hydroxyl groups excluding tert-OH is 1. The van der Waals surface area contributed by atoms with Crippen LogP contribution in [-0.4, -0.2) is 33.3 Å². The normalized spacial score (nSPS) is 25.8. The molecule has 3 unspecified atom stereocenters. The Balaban J connectivity index is 1.60. The van der Waals surface area contributed by atoms with Gasteiger partial charge in [-0.25, -0.2) is 0 Å². The van der Waals surface area contributed by atoms with Crippen LogP contribution < -0.4 is 0 Å². The van der Waals surface area contributed by atoms with Crippen molar-refractivity contribution >= 4 is 23.1 Å². The van der Waals surface area contributed by atoms with Gasteiger partial charge in [0.25, 0.3) is 0 Å². The number of furan rings is 1. The average molecular weight is 475 g/mol. The smallest absolute Gasteiger partial charge is 0.202 e. The van der Waals surface area contributed by atoms with Gasteiger partial charge in [-0.05, 0) is 74.8 Å². The Morgan fingerprint density at radius 1 is 1.14 bits per heavy atom. The van der Waals surface area contributed by atoms with Crippen LogP contribution in [0, 0.1) is 17.3 Å². The molecule has 1 aromatic carbocycles. The van der Waals surface area contributed by atoms with E-state index in [9.17, 15) is 29.4 Å². The van der Waals surface area contributed by atoms with E-state index in [0.29, 0.717) is 35.1 Å². The monoisotopic (exact) mass is 474 g/mol. The molecule has 5 rings (SSSR count). The highest BCUT2D eigenvalue weighted by atomic mass is 16.3. The van der Waals surface area contributed by atoms with Gasteiger partial charge in [-0.15, -0.1) is 0 Å². The Hall–Kier alpha value is -3.74. The van der Waals surface area contributed by atoms with Gasteiger partial charge in [-0.1, -0.05) is 11.6 Å². The molecule has 2 N–H and O–H groups in total. The van der Waals surface area contributed by atoms with Gasteiger partial charge < -0.3 is 14.6 Å². The minimum Gasteiger partial charge on any atom is -0.511 e. The Kier molecular flexibility index (Phi) is 5.20. The molecule has 7 heteroatoms. The van der Waals surface area contributed by atoms with Crippen molar-refractivity contribution in [3.8, 4) is 5.75 Å². The molecule has 1 aromatic heterocycles. The summed E-state index contributed by atoms with van der Waals surface area (Å²) in [6.07, 6.45) is 2.53. The van der Waals surface area contributed by atoms with Crippen LogP contribution in [0.15, 0.2) is 57.4 Å². The molecule has 0 saturated carbocycles. The highest BCUT2D eigenvalue weighted by Gasteiger charge is 2.55. The number of carbonyl (C=O) groups is 4. The van der Waals surface area contributed by atoms with E-state index >= 15 is 0 Å². The van der Waals surface area contributed by atoms with Gasteiger partial charge in [0.1, 0.15) is 11.5 Å². The molecule has 3 aliphatic rings. The Morgan fingerprint density at radius 3 is 2.54 bits per heavy atom. The molecule has 1 heterocycles. The van der Waals surface area contributed by atoms with Crippen LogP contribution in [0.2, 0.25) is 0 Å². The van der Waals surface area contributed by atoms with Gasteiger partial charge >= 0.3 is 0 Å². The molecule has 180 valence electrons. The fourth-order valence-electron chi connectivity index (χ4n) is 6.27. The molecule has 35 heavy (non-hydrogen) atoms. The molecule has 0 bridgehead atoms. The van der Waals surface area contributed by atoms with Crippen molar-refractivity contribution in [1.82, 2.24) is 0 Å². The van der Waals surface area contributed by atoms with Crippen LogP contribution in [0.5, 0.6) is 5.75 Å². The zero-order chi connectivity index (χ0) is 25.2. The van der Waals surface area contributed by atoms with E-state index in [1.165, 1.54) is 19.3 Å². The minimum atomic E-state index is -1.09. The van der Waals surface area contributed by atoms with Gasteiger partial charge in [-0.2, -0.15) is 0 Å². The molecule has 3 atom stereocenters. The fourth-order valence-corrected chi connectivity index (χ4v) is 6.27. The van der Waals surface area contributed by atoms with Crippen molar-refractivity contribution in [2.45, 2.75) is 46.5 Å². The highest BCUT2D eigenvalue weighted by molar-refractivity contribution is 6.24. The summed E-state index contributed by atoms with van der Waals surface area (Å²) in [7, 11) is 0. The number of ketones is 4. The van der Waals surface area contributed by atoms with Gasteiger partial charge in [-0.3, -0.25) is 19.2 Å². The average Bonchev–Trinajstić information content (AvgIpc) is 3.33. The van der Waals surface area contributed by atoms with Gasteiger partial charge in [0.2, 0.25) is 5.78 Å². The van der Waals surface area contributed by atoms with Crippen LogP contribution in [0.3, 0.4) is 0 Å². The zero-order valence-corrected chi connectivity index (χ0v) is 19.8. The van der Waals surface area contributed by atoms with Gasteiger partial charge in [0.15, 0.2) is 23.1 Å². The van der Waals surface area contributed by atoms with Gasteiger partial charge in [0, 0.05) is 18.4 Å². The van der Waals surface area contributed by atoms with Crippen molar-refractivity contribution in [2.75, 3.05) is 0 Å². The third-order valence-corrected chi connectivity index (χ3v) is 8.21. The second-order valence-electron chi connectivity index (χ2n) is 9.99. The number of hydrogen-bond donors (Lipinski definition) is 2. The van der Waals surface area contributed by atoms with Crippen LogP contribution in [0.1, 0.15) is 65.7 Å². The number of aromatic hydroxyl groups is 1. The number of carbonyl (C=O) groups excluding carboxylic acids is 4. The van der Waals surface area contributed by atoms with Crippen molar-refractivity contribution in [1.29, 1.82) is 0 Å². The number of aliphatic hydroxyl groups is 1. The first kappa shape index (κ1) is 23.0. The van der Waals surface area contributed by atoms with Crippen molar-refractivity contribution < 1.29 is 33.8 Å². The molecule has 0 aliphatic heterocycles. The molecule has 0 saturated heterocycles. The lowest BCUT2D eigenvalue weighted by atomic mass is 9.53. The summed E-state index contributed by atoms with van der Waals surface area (Å²) in [5.41, 5.74) is 1.24. The second-order valence-corrected chi connectivity index (χ2v) is 9.99. The SMILES string of the molecule is CC(=O)C1=C(O)CC2CC3Cc4c(CC(=O)c5ccco5)ccc(O)c4C(=O)C3=C(C)C2(C)C1=O. The van der Waals surface area contributed by atoms with E-state index in [0.717, 1.165) is 0 Å². The lowest BCUT2D eigenvalue weighted by Crippen LogP contribution is -2.49. The van der Waals surface area contributed by atoms with Crippen LogP contribution >= 0.6 is 0 Å². The first-order chi connectivity index (χ1) is 16.6. The number of phenolic OH excluding ortho intramolecular Hbond substituents is 1. The molecular weight excluding hydrogens is 448 g/mol. The number of hydrogen-bond acceptors (Lipinski definition) is 7. The van der Waals surface area contributed by atoms with Crippen LogP contribution in [-0.2, 0) is 22.4 Å². The molecule has 0 spiro atoms. The molecule has 3 aliphatic carbocycles. The van der Waals surface area contributed by atoms with E-state index < -0.39 is 17.0 Å². The summed E-state index contributed by atoms with van der Waals surface area (Å²) in [5, 5.41) is 21.1. The zero-order valence-electron chi connectivity index (χ0n) is 19.8. The Bertz CT molecular complexity index is 1370. The third-order valence-electron chi connectivity index (χ3n) is 8.21. The van der Waals surface area contributed by atoms with Gasteiger partial charge in [0.05, 0.1) is 22.8 Å². The number of benzene rings is 1. The maximum absolute atomic E-state index is 13.8. The standard InChI is InChI=1S/C28H26O7/c1-13-23-16(9-17-12-21(32)24(14(2)29)27(34)28(13,17)3)10-18-15(6-7-19(30)25(18)26(23)33)11-20(31)22-5-4-8-35-22/h4-8,16-17,30,32H,9-12H2,1-3H3. The topological polar surface area (TPSA) is 122 Å². The molecule has 0 amide bonds. The number of rotatable bonds is 4. The molecule has 0 fully saturated rings. The van der Waals surface area contributed by atoms with Crippen LogP contribution in [0.4, 0.5) is 0 Å². The number of Topliss-reactive ketones (excluding diaryl/α,β-unsaturated/α-hetero) is 4. The van der Waals surface area contributed by atoms with Crippen molar-refractivity contribution in [2.24, 2.45) is 17.3 Å². The first-order valence-electron chi connectivity index (χ1n) is 11.7. The third kappa shape index (κ3) is 3.25. The number of fused-ring (bicyclic) bond motifs is 3. The summed E-state index contributed by atoms with van der Waals surface area (Å²) in [4.78, 5) is 52.1. The first-order valence-corrected chi connectivity index (χ1v) is 11.7. The lowest BCUT2D eigenvalue weighted by molar-refractivity contribution is -0.129. The largest absolute Gasteiger partial charge is 0.511 e. The minimum absolute atomic E-state index is 0.0271. The molecule has 7 nitrogen and oxygen atoms in total. The molecular formula is C28H26O7. The summed E-state index contributed by atoms with van der Waals surface area (Å²) in [5.74, 6) is -2.16. The molecule has 0 radical (unpaired) electrons.